The lowest BCUT2D eigenvalue weighted by molar-refractivity contribution is -0.154. The van der Waals surface area contributed by atoms with Gasteiger partial charge in [-0.1, -0.05) is 199 Å². The summed E-state index contributed by atoms with van der Waals surface area (Å²) in [5.41, 5.74) is 5.36. The van der Waals surface area contributed by atoms with E-state index in [1.807, 2.05) is 0 Å². The van der Waals surface area contributed by atoms with Gasteiger partial charge in [-0.2, -0.15) is 0 Å². The summed E-state index contributed by atoms with van der Waals surface area (Å²) in [7, 11) is -4.62. The Hall–Kier alpha value is -1.55. The Balaban J connectivity index is 4.16. The van der Waals surface area contributed by atoms with Crippen molar-refractivity contribution in [1.82, 2.24) is 0 Å². The maximum atomic E-state index is 12.7. The summed E-state index contributed by atoms with van der Waals surface area (Å²) in [5, 5.41) is 8.91. The lowest BCUT2D eigenvalue weighted by Crippen LogP contribution is -2.34. The molecule has 0 fully saturated rings. The number of hydrogen-bond acceptors (Lipinski definition) is 8. The van der Waals surface area contributed by atoms with Gasteiger partial charge in [0.15, 0.2) is 0 Å². The van der Waals surface area contributed by atoms with Crippen molar-refractivity contribution in [3.8, 4) is 0 Å². The number of unbranched alkanes of at least 4 members (excludes halogenated alkanes) is 28. The molecule has 0 rings (SSSR count). The Kier molecular flexibility index (Phi) is 42.4. The number of ether oxygens (including phenoxy) is 2. The standard InChI is InChI=1S/C47H90NO9P/c1-3-5-7-9-11-13-15-17-19-21-22-24-26-28-30-32-34-36-38-40-54-41-44(42-55-58(52,53)56-43-45(48)47(50)51)57-46(49)39-37-35-33-31-29-27-25-23-20-18-16-14-12-10-8-6-4-2/h12,14,18,20,44-45H,3-11,13,15-17,19,21-43,48H2,1-2H3,(H,50,51)(H,52,53)/b14-12-,20-18-. The summed E-state index contributed by atoms with van der Waals surface area (Å²) in [4.78, 5) is 33.6. The zero-order chi connectivity index (χ0) is 42.6. The van der Waals surface area contributed by atoms with Gasteiger partial charge in [0, 0.05) is 13.0 Å². The van der Waals surface area contributed by atoms with Crippen LogP contribution in [-0.4, -0.2) is 60.5 Å². The molecule has 342 valence electrons. The predicted octanol–water partition coefficient (Wildman–Crippen LogP) is 13.5. The molecule has 0 heterocycles. The van der Waals surface area contributed by atoms with E-state index in [9.17, 15) is 19.0 Å². The van der Waals surface area contributed by atoms with Crippen molar-refractivity contribution in [2.45, 2.75) is 238 Å². The molecular formula is C47H90NO9P. The molecule has 0 aliphatic rings. The zero-order valence-corrected chi connectivity index (χ0v) is 38.3. The van der Waals surface area contributed by atoms with Crippen molar-refractivity contribution in [1.29, 1.82) is 0 Å². The van der Waals surface area contributed by atoms with E-state index in [0.29, 0.717) is 13.0 Å². The number of carboxylic acid groups (broad SMARTS) is 1. The highest BCUT2D eigenvalue weighted by molar-refractivity contribution is 7.47. The number of carboxylic acids is 1. The molecule has 0 aliphatic heterocycles. The Morgan fingerprint density at radius 2 is 0.948 bits per heavy atom. The molecule has 10 nitrogen and oxygen atoms in total. The Labute approximate surface area is 355 Å². The van der Waals surface area contributed by atoms with Crippen LogP contribution in [0.3, 0.4) is 0 Å². The lowest BCUT2D eigenvalue weighted by atomic mass is 10.0. The Bertz CT molecular complexity index is 1020. The molecular weight excluding hydrogens is 753 g/mol. The molecule has 58 heavy (non-hydrogen) atoms. The molecule has 0 radical (unpaired) electrons. The smallest absolute Gasteiger partial charge is 0.472 e. The van der Waals surface area contributed by atoms with Gasteiger partial charge in [0.1, 0.15) is 12.1 Å². The third-order valence-corrected chi connectivity index (χ3v) is 11.4. The first-order valence-corrected chi connectivity index (χ1v) is 25.4. The van der Waals surface area contributed by atoms with Crippen molar-refractivity contribution >= 4 is 19.8 Å². The summed E-state index contributed by atoms with van der Waals surface area (Å²) >= 11 is 0. The van der Waals surface area contributed by atoms with Crippen LogP contribution >= 0.6 is 7.82 Å². The molecule has 3 unspecified atom stereocenters. The SMILES string of the molecule is CCCCC/C=C\C/C=C\CCCCCCCCCC(=O)OC(COCCCCCCCCCCCCCCCCCCCCC)COP(=O)(O)OCC(N)C(=O)O. The first-order valence-electron chi connectivity index (χ1n) is 23.9. The van der Waals surface area contributed by atoms with E-state index < -0.39 is 45.1 Å². The number of carbonyl (C=O) groups excluding carboxylic acids is 1. The summed E-state index contributed by atoms with van der Waals surface area (Å²) in [6.45, 7) is 3.89. The third-order valence-electron chi connectivity index (χ3n) is 10.5. The van der Waals surface area contributed by atoms with Gasteiger partial charge >= 0.3 is 19.8 Å². The third kappa shape index (κ3) is 42.6. The number of esters is 1. The van der Waals surface area contributed by atoms with Gasteiger partial charge in [0.2, 0.25) is 0 Å². The highest BCUT2D eigenvalue weighted by Gasteiger charge is 2.27. The van der Waals surface area contributed by atoms with Gasteiger partial charge in [-0.25, -0.2) is 4.57 Å². The number of phosphoric ester groups is 1. The van der Waals surface area contributed by atoms with E-state index >= 15 is 0 Å². The first-order chi connectivity index (χ1) is 28.2. The van der Waals surface area contributed by atoms with Crippen LogP contribution in [0.5, 0.6) is 0 Å². The minimum Gasteiger partial charge on any atom is -0.480 e. The Morgan fingerprint density at radius 3 is 1.43 bits per heavy atom. The van der Waals surface area contributed by atoms with Gasteiger partial charge in [0.25, 0.3) is 0 Å². The number of hydrogen-bond donors (Lipinski definition) is 3. The van der Waals surface area contributed by atoms with Crippen LogP contribution in [0.15, 0.2) is 24.3 Å². The molecule has 0 bridgehead atoms. The monoisotopic (exact) mass is 844 g/mol. The van der Waals surface area contributed by atoms with Crippen molar-refractivity contribution in [2.75, 3.05) is 26.4 Å². The highest BCUT2D eigenvalue weighted by atomic mass is 31.2. The molecule has 0 amide bonds. The first kappa shape index (κ1) is 56.5. The second kappa shape index (κ2) is 43.5. The minimum atomic E-state index is -4.62. The second-order valence-corrected chi connectivity index (χ2v) is 17.7. The number of phosphoric acid groups is 1. The zero-order valence-electron chi connectivity index (χ0n) is 37.4. The number of allylic oxidation sites excluding steroid dienone is 4. The fourth-order valence-electron chi connectivity index (χ4n) is 6.75. The van der Waals surface area contributed by atoms with Crippen LogP contribution in [0.2, 0.25) is 0 Å². The molecule has 0 aliphatic carbocycles. The maximum absolute atomic E-state index is 12.7. The Morgan fingerprint density at radius 1 is 0.552 bits per heavy atom. The van der Waals surface area contributed by atoms with E-state index in [0.717, 1.165) is 51.4 Å². The van der Waals surface area contributed by atoms with Crippen LogP contribution in [0.1, 0.15) is 226 Å². The van der Waals surface area contributed by atoms with E-state index in [1.165, 1.54) is 148 Å². The quantitative estimate of drug-likeness (QED) is 0.0233. The average molecular weight is 844 g/mol. The van der Waals surface area contributed by atoms with E-state index in [2.05, 4.69) is 38.2 Å². The number of aliphatic carboxylic acids is 1. The van der Waals surface area contributed by atoms with Gasteiger partial charge in [-0.3, -0.25) is 18.6 Å². The number of carbonyl (C=O) groups is 2. The normalized spacial score (nSPS) is 14.0. The summed E-state index contributed by atoms with van der Waals surface area (Å²) < 4.78 is 33.4. The fraction of sp³-hybridized carbons (Fsp3) is 0.872. The van der Waals surface area contributed by atoms with Crippen LogP contribution in [0, 0.1) is 0 Å². The summed E-state index contributed by atoms with van der Waals surface area (Å²) in [6, 6.07) is -1.47. The van der Waals surface area contributed by atoms with Crippen molar-refractivity contribution in [3.05, 3.63) is 24.3 Å². The molecule has 0 saturated carbocycles. The van der Waals surface area contributed by atoms with Crippen LogP contribution in [0.25, 0.3) is 0 Å². The van der Waals surface area contributed by atoms with Crippen LogP contribution < -0.4 is 5.73 Å². The van der Waals surface area contributed by atoms with E-state index in [1.54, 1.807) is 0 Å². The van der Waals surface area contributed by atoms with Gasteiger partial charge in [0.05, 0.1) is 19.8 Å². The van der Waals surface area contributed by atoms with Gasteiger partial charge in [-0.15, -0.1) is 0 Å². The molecule has 0 spiro atoms. The fourth-order valence-corrected chi connectivity index (χ4v) is 7.53. The lowest BCUT2D eigenvalue weighted by Gasteiger charge is -2.20. The van der Waals surface area contributed by atoms with E-state index in [-0.39, 0.29) is 13.0 Å². The molecule has 0 aromatic heterocycles. The van der Waals surface area contributed by atoms with Crippen molar-refractivity contribution in [2.24, 2.45) is 5.73 Å². The topological polar surface area (TPSA) is 155 Å². The molecule has 3 atom stereocenters. The maximum Gasteiger partial charge on any atom is 0.472 e. The summed E-state index contributed by atoms with van der Waals surface area (Å²) in [6.07, 6.45) is 48.0. The molecule has 0 aromatic rings. The van der Waals surface area contributed by atoms with Gasteiger partial charge in [-0.05, 0) is 44.9 Å². The van der Waals surface area contributed by atoms with Gasteiger partial charge < -0.3 is 25.2 Å². The minimum absolute atomic E-state index is 0.0182. The predicted molar refractivity (Wildman–Crippen MR) is 240 cm³/mol. The number of rotatable bonds is 46. The summed E-state index contributed by atoms with van der Waals surface area (Å²) in [5.74, 6) is -1.78. The second-order valence-electron chi connectivity index (χ2n) is 16.2. The van der Waals surface area contributed by atoms with E-state index in [4.69, 9.17) is 29.4 Å². The molecule has 11 heteroatoms. The number of nitrogens with two attached hydrogens (primary N) is 1. The van der Waals surface area contributed by atoms with Crippen molar-refractivity contribution in [3.63, 3.8) is 0 Å². The highest BCUT2D eigenvalue weighted by Crippen LogP contribution is 2.43. The average Bonchev–Trinajstić information content (AvgIpc) is 3.20. The largest absolute Gasteiger partial charge is 0.480 e. The molecule has 0 saturated heterocycles. The molecule has 0 aromatic carbocycles. The van der Waals surface area contributed by atoms with Crippen LogP contribution in [-0.2, 0) is 32.7 Å². The van der Waals surface area contributed by atoms with Crippen LogP contribution in [0.4, 0.5) is 0 Å². The molecule has 4 N–H and O–H groups in total. The van der Waals surface area contributed by atoms with Crippen molar-refractivity contribution < 1.29 is 42.7 Å².